The first-order valence-electron chi connectivity index (χ1n) is 5.89. The summed E-state index contributed by atoms with van der Waals surface area (Å²) in [6, 6.07) is 9.95. The number of hydrogen-bond acceptors (Lipinski definition) is 2. The first-order valence-corrected chi connectivity index (χ1v) is 5.89. The van der Waals surface area contributed by atoms with E-state index in [1.165, 1.54) is 0 Å². The van der Waals surface area contributed by atoms with E-state index < -0.39 is 0 Å². The summed E-state index contributed by atoms with van der Waals surface area (Å²) in [6.45, 7) is 6.83. The molecule has 0 aliphatic carbocycles. The van der Waals surface area contributed by atoms with Crippen molar-refractivity contribution >= 4 is 11.6 Å². The highest BCUT2D eigenvalue weighted by atomic mass is 16.2. The van der Waals surface area contributed by atoms with Crippen molar-refractivity contribution in [1.29, 1.82) is 0 Å². The molecule has 1 aliphatic heterocycles. The molecular formula is C14H18N2O. The minimum absolute atomic E-state index is 0.0267. The van der Waals surface area contributed by atoms with Crippen LogP contribution in [0.5, 0.6) is 0 Å². The van der Waals surface area contributed by atoms with Gasteiger partial charge in [0.05, 0.1) is 18.7 Å². The monoisotopic (exact) mass is 230 g/mol. The fourth-order valence-corrected chi connectivity index (χ4v) is 1.77. The molecule has 0 fully saturated rings. The first kappa shape index (κ1) is 11.8. The van der Waals surface area contributed by atoms with Crippen LogP contribution < -0.4 is 0 Å². The van der Waals surface area contributed by atoms with Crippen molar-refractivity contribution in [3.05, 3.63) is 35.9 Å². The Hall–Kier alpha value is -1.64. The van der Waals surface area contributed by atoms with Crippen molar-refractivity contribution in [1.82, 2.24) is 5.01 Å². The normalized spacial score (nSPS) is 16.3. The quantitative estimate of drug-likeness (QED) is 0.769. The zero-order valence-electron chi connectivity index (χ0n) is 10.6. The third-order valence-corrected chi connectivity index (χ3v) is 2.89. The molecule has 2 rings (SSSR count). The lowest BCUT2D eigenvalue weighted by Gasteiger charge is -2.16. The summed E-state index contributed by atoms with van der Waals surface area (Å²) in [5, 5.41) is 6.02. The summed E-state index contributed by atoms with van der Waals surface area (Å²) < 4.78 is 0. The maximum Gasteiger partial charge on any atom is 0.248 e. The van der Waals surface area contributed by atoms with Gasteiger partial charge in [-0.15, -0.1) is 0 Å². The highest BCUT2D eigenvalue weighted by Gasteiger charge is 2.30. The van der Waals surface area contributed by atoms with E-state index in [1.54, 1.807) is 5.01 Å². The molecule has 0 N–H and O–H groups in total. The van der Waals surface area contributed by atoms with E-state index in [9.17, 15) is 4.79 Å². The summed E-state index contributed by atoms with van der Waals surface area (Å²) in [5.74, 6) is 0.0961. The van der Waals surface area contributed by atoms with Gasteiger partial charge in [-0.1, -0.05) is 51.1 Å². The predicted molar refractivity (Wildman–Crippen MR) is 68.5 cm³/mol. The Kier molecular flexibility index (Phi) is 3.01. The van der Waals surface area contributed by atoms with Crippen molar-refractivity contribution in [2.75, 3.05) is 0 Å². The number of nitrogens with zero attached hydrogens (tertiary/aromatic N) is 2. The Morgan fingerprint density at radius 3 is 2.41 bits per heavy atom. The van der Waals surface area contributed by atoms with Crippen LogP contribution in [0.3, 0.4) is 0 Å². The van der Waals surface area contributed by atoms with Gasteiger partial charge in [0.2, 0.25) is 5.91 Å². The molecule has 1 amide bonds. The van der Waals surface area contributed by atoms with Crippen LogP contribution in [0.25, 0.3) is 0 Å². The summed E-state index contributed by atoms with van der Waals surface area (Å²) in [4.78, 5) is 11.8. The Balaban J connectivity index is 2.13. The maximum absolute atomic E-state index is 11.8. The van der Waals surface area contributed by atoms with Gasteiger partial charge in [-0.2, -0.15) is 5.10 Å². The molecule has 3 nitrogen and oxygen atoms in total. The number of carbonyl (C=O) groups is 1. The minimum atomic E-state index is -0.0267. The van der Waals surface area contributed by atoms with Gasteiger partial charge in [0.25, 0.3) is 0 Å². The molecule has 0 bridgehead atoms. The lowest BCUT2D eigenvalue weighted by molar-refractivity contribution is -0.129. The van der Waals surface area contributed by atoms with Crippen molar-refractivity contribution in [2.45, 2.75) is 33.7 Å². The lowest BCUT2D eigenvalue weighted by atomic mass is 9.88. The second-order valence-corrected chi connectivity index (χ2v) is 5.41. The van der Waals surface area contributed by atoms with Gasteiger partial charge in [-0.05, 0) is 5.56 Å². The molecule has 1 heterocycles. The number of hydrogen-bond donors (Lipinski definition) is 0. The van der Waals surface area contributed by atoms with Crippen LogP contribution in [0, 0.1) is 5.41 Å². The van der Waals surface area contributed by atoms with Gasteiger partial charge in [-0.3, -0.25) is 4.79 Å². The van der Waals surface area contributed by atoms with Crippen LogP contribution in [0.1, 0.15) is 32.8 Å². The summed E-state index contributed by atoms with van der Waals surface area (Å²) in [6.07, 6.45) is 0.455. The smallest absolute Gasteiger partial charge is 0.248 e. The predicted octanol–water partition coefficient (Wildman–Crippen LogP) is 2.82. The van der Waals surface area contributed by atoms with Gasteiger partial charge in [0, 0.05) is 5.41 Å². The number of carbonyl (C=O) groups excluding carboxylic acids is 1. The van der Waals surface area contributed by atoms with E-state index >= 15 is 0 Å². The number of hydrazone groups is 1. The molecule has 1 aliphatic rings. The topological polar surface area (TPSA) is 32.7 Å². The summed E-state index contributed by atoms with van der Waals surface area (Å²) in [5.41, 5.74) is 2.05. The molecule has 0 saturated carbocycles. The van der Waals surface area contributed by atoms with Gasteiger partial charge in [0.15, 0.2) is 0 Å². The molecule has 0 spiro atoms. The van der Waals surface area contributed by atoms with Crippen LogP contribution in [0.2, 0.25) is 0 Å². The third-order valence-electron chi connectivity index (χ3n) is 2.89. The van der Waals surface area contributed by atoms with E-state index in [1.807, 2.05) is 30.3 Å². The van der Waals surface area contributed by atoms with Crippen molar-refractivity contribution in [2.24, 2.45) is 10.5 Å². The molecule has 17 heavy (non-hydrogen) atoms. The Bertz CT molecular complexity index is 443. The molecule has 1 aromatic rings. The third kappa shape index (κ3) is 2.73. The average Bonchev–Trinajstić information content (AvgIpc) is 2.62. The molecule has 0 radical (unpaired) electrons. The molecule has 90 valence electrons. The lowest BCUT2D eigenvalue weighted by Crippen LogP contribution is -2.20. The first-order chi connectivity index (χ1) is 7.97. The summed E-state index contributed by atoms with van der Waals surface area (Å²) >= 11 is 0. The average molecular weight is 230 g/mol. The minimum Gasteiger partial charge on any atom is -0.273 e. The maximum atomic E-state index is 11.8. The fourth-order valence-electron chi connectivity index (χ4n) is 1.77. The van der Waals surface area contributed by atoms with E-state index in [4.69, 9.17) is 0 Å². The van der Waals surface area contributed by atoms with E-state index in [0.29, 0.717) is 13.0 Å². The highest BCUT2D eigenvalue weighted by Crippen LogP contribution is 2.25. The van der Waals surface area contributed by atoms with E-state index in [2.05, 4.69) is 25.9 Å². The Labute approximate surface area is 102 Å². The molecule has 0 unspecified atom stereocenters. The second kappa shape index (κ2) is 4.32. The van der Waals surface area contributed by atoms with Gasteiger partial charge >= 0.3 is 0 Å². The van der Waals surface area contributed by atoms with Crippen LogP contribution >= 0.6 is 0 Å². The van der Waals surface area contributed by atoms with E-state index in [-0.39, 0.29) is 11.3 Å². The number of amides is 1. The molecule has 0 saturated heterocycles. The largest absolute Gasteiger partial charge is 0.273 e. The number of rotatable bonds is 2. The van der Waals surface area contributed by atoms with Crippen molar-refractivity contribution in [3.63, 3.8) is 0 Å². The Morgan fingerprint density at radius 2 is 1.88 bits per heavy atom. The van der Waals surface area contributed by atoms with Crippen molar-refractivity contribution < 1.29 is 4.79 Å². The zero-order chi connectivity index (χ0) is 12.5. The molecule has 3 heteroatoms. The van der Waals surface area contributed by atoms with Gasteiger partial charge < -0.3 is 0 Å². The summed E-state index contributed by atoms with van der Waals surface area (Å²) in [7, 11) is 0. The molecule has 0 atom stereocenters. The van der Waals surface area contributed by atoms with E-state index in [0.717, 1.165) is 11.3 Å². The van der Waals surface area contributed by atoms with Gasteiger partial charge in [0.1, 0.15) is 0 Å². The molecular weight excluding hydrogens is 212 g/mol. The zero-order valence-corrected chi connectivity index (χ0v) is 10.6. The molecule has 0 aromatic heterocycles. The number of benzene rings is 1. The molecule has 1 aromatic carbocycles. The Morgan fingerprint density at radius 1 is 1.24 bits per heavy atom. The van der Waals surface area contributed by atoms with Crippen molar-refractivity contribution in [3.8, 4) is 0 Å². The highest BCUT2D eigenvalue weighted by molar-refractivity contribution is 6.07. The van der Waals surface area contributed by atoms with Crippen LogP contribution in [0.4, 0.5) is 0 Å². The standard InChI is InChI=1S/C14H18N2O/c1-14(2,3)12-9-13(17)16(15-12)10-11-7-5-4-6-8-11/h4-8H,9-10H2,1-3H3. The fraction of sp³-hybridized carbons (Fsp3) is 0.429. The van der Waals surface area contributed by atoms with Gasteiger partial charge in [-0.25, -0.2) is 5.01 Å². The van der Waals surface area contributed by atoms with Crippen LogP contribution in [-0.2, 0) is 11.3 Å². The van der Waals surface area contributed by atoms with Crippen LogP contribution in [-0.4, -0.2) is 16.6 Å². The SMILES string of the molecule is CC(C)(C)C1=NN(Cc2ccccc2)C(=O)C1. The second-order valence-electron chi connectivity index (χ2n) is 5.41. The van der Waals surface area contributed by atoms with Crippen LogP contribution in [0.15, 0.2) is 35.4 Å².